The van der Waals surface area contributed by atoms with Crippen LogP contribution in [-0.2, 0) is 23.4 Å². The highest BCUT2D eigenvalue weighted by molar-refractivity contribution is 6.74. The number of rotatable bonds is 3. The van der Waals surface area contributed by atoms with Gasteiger partial charge in [0.2, 0.25) is 0 Å². The van der Waals surface area contributed by atoms with Gasteiger partial charge in [0.1, 0.15) is 24.4 Å². The molecule has 0 N–H and O–H groups in total. The molecule has 0 bridgehead atoms. The van der Waals surface area contributed by atoms with Crippen LogP contribution in [0.2, 0.25) is 18.1 Å². The molecule has 6 heteroatoms. The third kappa shape index (κ3) is 4.93. The van der Waals surface area contributed by atoms with Gasteiger partial charge in [0.15, 0.2) is 14.1 Å². The van der Waals surface area contributed by atoms with Crippen molar-refractivity contribution in [1.29, 1.82) is 0 Å². The molecule has 4 atom stereocenters. The molecule has 1 heterocycles. The molecule has 1 aliphatic carbocycles. The van der Waals surface area contributed by atoms with Gasteiger partial charge in [0.05, 0.1) is 0 Å². The highest BCUT2D eigenvalue weighted by Crippen LogP contribution is 2.41. The zero-order chi connectivity index (χ0) is 19.0. The van der Waals surface area contributed by atoms with Gasteiger partial charge in [-0.05, 0) is 44.8 Å². The molecule has 0 radical (unpaired) electrons. The van der Waals surface area contributed by atoms with Crippen LogP contribution in [0.1, 0.15) is 54.4 Å². The van der Waals surface area contributed by atoms with E-state index in [0.29, 0.717) is 0 Å². The number of hydrogen-bond donors (Lipinski definition) is 0. The predicted molar refractivity (Wildman–Crippen MR) is 99.8 cm³/mol. The van der Waals surface area contributed by atoms with Crippen LogP contribution in [0.4, 0.5) is 0 Å². The average Bonchev–Trinajstić information content (AvgIpc) is 2.71. The Kier molecular flexibility index (Phi) is 5.89. The van der Waals surface area contributed by atoms with E-state index in [4.69, 9.17) is 18.6 Å². The van der Waals surface area contributed by atoms with Gasteiger partial charge in [0.25, 0.3) is 0 Å². The number of fused-ring (bicyclic) bond motifs is 1. The summed E-state index contributed by atoms with van der Waals surface area (Å²) in [5.41, 5.74) is 0. The molecule has 25 heavy (non-hydrogen) atoms. The summed E-state index contributed by atoms with van der Waals surface area (Å²) in [7, 11) is -2.08. The van der Waals surface area contributed by atoms with E-state index in [1.54, 1.807) is 0 Å². The first kappa shape index (κ1) is 20.6. The van der Waals surface area contributed by atoms with Crippen molar-refractivity contribution in [2.75, 3.05) is 0 Å². The van der Waals surface area contributed by atoms with Crippen LogP contribution in [0.25, 0.3) is 0 Å². The van der Waals surface area contributed by atoms with Crippen molar-refractivity contribution in [3.05, 3.63) is 12.2 Å². The summed E-state index contributed by atoms with van der Waals surface area (Å²) in [5.74, 6) is -0.965. The largest absolute Gasteiger partial charge is 0.460 e. The maximum Gasteiger partial charge on any atom is 0.302 e. The molecule has 0 spiro atoms. The van der Waals surface area contributed by atoms with E-state index in [1.165, 1.54) is 6.92 Å². The smallest absolute Gasteiger partial charge is 0.302 e. The second-order valence-electron chi connectivity index (χ2n) is 9.06. The van der Waals surface area contributed by atoms with E-state index in [9.17, 15) is 4.79 Å². The maximum atomic E-state index is 11.7. The van der Waals surface area contributed by atoms with E-state index in [2.05, 4.69) is 46.0 Å². The van der Waals surface area contributed by atoms with Crippen LogP contribution in [0, 0.1) is 0 Å². The van der Waals surface area contributed by atoms with Crippen molar-refractivity contribution in [1.82, 2.24) is 0 Å². The van der Waals surface area contributed by atoms with E-state index < -0.39 is 14.1 Å². The van der Waals surface area contributed by atoms with E-state index in [1.807, 2.05) is 13.8 Å². The summed E-state index contributed by atoms with van der Waals surface area (Å²) >= 11 is 0. The average molecular weight is 371 g/mol. The second kappa shape index (κ2) is 7.14. The van der Waals surface area contributed by atoms with Crippen molar-refractivity contribution < 1.29 is 23.4 Å². The van der Waals surface area contributed by atoms with Crippen molar-refractivity contribution in [3.63, 3.8) is 0 Å². The highest BCUT2D eigenvalue weighted by atomic mass is 28.4. The zero-order valence-corrected chi connectivity index (χ0v) is 17.9. The lowest BCUT2D eigenvalue weighted by molar-refractivity contribution is -0.171. The van der Waals surface area contributed by atoms with Gasteiger partial charge in [-0.1, -0.05) is 32.9 Å². The first-order valence-corrected chi connectivity index (χ1v) is 12.1. The van der Waals surface area contributed by atoms with Gasteiger partial charge in [-0.25, -0.2) is 0 Å². The Hall–Kier alpha value is -0.693. The Labute approximate surface area is 153 Å². The molecular weight excluding hydrogens is 336 g/mol. The number of esters is 1. The lowest BCUT2D eigenvalue weighted by Gasteiger charge is -2.43. The molecule has 2 aliphatic rings. The highest BCUT2D eigenvalue weighted by Gasteiger charge is 2.51. The summed E-state index contributed by atoms with van der Waals surface area (Å²) in [4.78, 5) is 11.7. The normalized spacial score (nSPS) is 33.9. The fourth-order valence-corrected chi connectivity index (χ4v) is 4.41. The van der Waals surface area contributed by atoms with Crippen molar-refractivity contribution in [2.45, 2.75) is 103 Å². The monoisotopic (exact) mass is 370 g/mol. The minimum Gasteiger partial charge on any atom is -0.460 e. The fraction of sp³-hybridized carbons (Fsp3) is 0.842. The van der Waals surface area contributed by atoms with Crippen LogP contribution >= 0.6 is 0 Å². The van der Waals surface area contributed by atoms with Crippen molar-refractivity contribution in [3.8, 4) is 0 Å². The third-order valence-corrected chi connectivity index (χ3v) is 9.83. The number of carbonyl (C=O) groups excluding carboxylic acids is 1. The Morgan fingerprint density at radius 3 is 2.44 bits per heavy atom. The topological polar surface area (TPSA) is 54.0 Å². The predicted octanol–water partition coefficient (Wildman–Crippen LogP) is 4.18. The van der Waals surface area contributed by atoms with Crippen LogP contribution in [0.5, 0.6) is 0 Å². The van der Waals surface area contributed by atoms with Crippen molar-refractivity contribution >= 4 is 14.3 Å². The SMILES string of the molecule is CC(=O)OC1CC/C=C\[C@@H]2OC(C)(C)O[C@@H]2[C@H]1O[Si](C)(C)C(C)(C)C. The summed E-state index contributed by atoms with van der Waals surface area (Å²) < 4.78 is 24.6. The standard InChI is InChI=1S/C19H34O5Si/c1-13(20)21-14-11-9-10-12-15-16(23-19(5,6)22-15)17(14)24-25(7,8)18(2,3)4/h10,12,14-17H,9,11H2,1-8H3/b12-10-/t14?,15-,16-,17-/m0/s1. The van der Waals surface area contributed by atoms with Gasteiger partial charge in [0, 0.05) is 6.92 Å². The van der Waals surface area contributed by atoms with Crippen LogP contribution in [0.3, 0.4) is 0 Å². The molecule has 0 amide bonds. The molecule has 0 aromatic rings. The van der Waals surface area contributed by atoms with E-state index in [-0.39, 0.29) is 35.4 Å². The summed E-state index contributed by atoms with van der Waals surface area (Å²) in [6.07, 6.45) is 4.55. The van der Waals surface area contributed by atoms with Crippen LogP contribution in [0.15, 0.2) is 12.2 Å². The molecule has 0 saturated carbocycles. The van der Waals surface area contributed by atoms with Gasteiger partial charge in [-0.2, -0.15) is 0 Å². The van der Waals surface area contributed by atoms with Crippen molar-refractivity contribution in [2.24, 2.45) is 0 Å². The molecule has 1 fully saturated rings. The summed E-state index contributed by atoms with van der Waals surface area (Å²) in [5, 5.41) is 0.0520. The Bertz CT molecular complexity index is 520. The lowest BCUT2D eigenvalue weighted by atomic mass is 9.96. The quantitative estimate of drug-likeness (QED) is 0.424. The van der Waals surface area contributed by atoms with Gasteiger partial charge in [-0.3, -0.25) is 4.79 Å². The molecule has 1 saturated heterocycles. The minimum atomic E-state index is -2.08. The van der Waals surface area contributed by atoms with E-state index >= 15 is 0 Å². The number of carbonyl (C=O) groups is 1. The molecule has 0 aromatic heterocycles. The number of hydrogen-bond acceptors (Lipinski definition) is 5. The number of ether oxygens (including phenoxy) is 3. The molecule has 1 unspecified atom stereocenters. The minimum absolute atomic E-state index is 0.0520. The summed E-state index contributed by atoms with van der Waals surface area (Å²) in [6, 6.07) is 0. The van der Waals surface area contributed by atoms with Crippen LogP contribution in [-0.4, -0.2) is 44.5 Å². The van der Waals surface area contributed by atoms with E-state index in [0.717, 1.165) is 12.8 Å². The Morgan fingerprint density at radius 1 is 1.24 bits per heavy atom. The Morgan fingerprint density at radius 2 is 1.88 bits per heavy atom. The third-order valence-electron chi connectivity index (χ3n) is 5.35. The zero-order valence-electron chi connectivity index (χ0n) is 16.9. The number of allylic oxidation sites excluding steroid dienone is 1. The first-order valence-electron chi connectivity index (χ1n) is 9.20. The molecular formula is C19H34O5Si. The second-order valence-corrected chi connectivity index (χ2v) is 13.8. The fourth-order valence-electron chi connectivity index (χ4n) is 3.09. The lowest BCUT2D eigenvalue weighted by Crippen LogP contribution is -2.54. The van der Waals surface area contributed by atoms with Gasteiger partial charge >= 0.3 is 5.97 Å². The molecule has 2 rings (SSSR count). The molecule has 5 nitrogen and oxygen atoms in total. The van der Waals surface area contributed by atoms with Gasteiger partial charge in [-0.15, -0.1) is 0 Å². The molecule has 144 valence electrons. The Balaban J connectivity index is 2.37. The molecule has 1 aliphatic heterocycles. The maximum absolute atomic E-state index is 11.7. The first-order chi connectivity index (χ1) is 11.3. The van der Waals surface area contributed by atoms with Crippen LogP contribution < -0.4 is 0 Å². The van der Waals surface area contributed by atoms with Gasteiger partial charge < -0.3 is 18.6 Å². The summed E-state index contributed by atoms with van der Waals surface area (Å²) in [6.45, 7) is 16.3. The molecule has 0 aromatic carbocycles.